The molecule has 4 heterocycles. The number of anilines is 1. The zero-order chi connectivity index (χ0) is 27.3. The van der Waals surface area contributed by atoms with E-state index < -0.39 is 17.7 Å². The summed E-state index contributed by atoms with van der Waals surface area (Å²) in [5, 5.41) is 4.10. The van der Waals surface area contributed by atoms with E-state index >= 15 is 0 Å². The van der Waals surface area contributed by atoms with E-state index in [1.54, 1.807) is 12.1 Å². The SMILES string of the molecule is COC(=O)c1cc(C)nc(N2C3CC[C@H]2CC(OCc2c(-c4ccccc4C(F)(F)F)noc2C2CC2)C3)n1. The van der Waals surface area contributed by atoms with Crippen molar-refractivity contribution in [1.82, 2.24) is 15.1 Å². The van der Waals surface area contributed by atoms with Crippen LogP contribution >= 0.6 is 0 Å². The number of hydrogen-bond acceptors (Lipinski definition) is 8. The Bertz CT molecular complexity index is 1370. The van der Waals surface area contributed by atoms with Crippen LogP contribution in [0.5, 0.6) is 0 Å². The number of halogens is 3. The van der Waals surface area contributed by atoms with Gasteiger partial charge in [-0.05, 0) is 57.6 Å². The van der Waals surface area contributed by atoms with Crippen molar-refractivity contribution < 1.29 is 32.0 Å². The molecular formula is C28H29F3N4O4. The van der Waals surface area contributed by atoms with Crippen LogP contribution in [0, 0.1) is 6.92 Å². The van der Waals surface area contributed by atoms with Gasteiger partial charge in [0.05, 0.1) is 25.4 Å². The molecule has 0 amide bonds. The van der Waals surface area contributed by atoms with Gasteiger partial charge in [0.2, 0.25) is 5.95 Å². The van der Waals surface area contributed by atoms with Gasteiger partial charge in [-0.3, -0.25) is 0 Å². The molecule has 6 rings (SSSR count). The van der Waals surface area contributed by atoms with E-state index in [1.165, 1.54) is 19.2 Å². The Kier molecular flexibility index (Phi) is 6.57. The van der Waals surface area contributed by atoms with Gasteiger partial charge in [0.15, 0.2) is 5.69 Å². The molecule has 39 heavy (non-hydrogen) atoms. The van der Waals surface area contributed by atoms with Gasteiger partial charge >= 0.3 is 12.1 Å². The first-order chi connectivity index (χ1) is 18.7. The van der Waals surface area contributed by atoms with Crippen LogP contribution in [-0.2, 0) is 22.3 Å². The van der Waals surface area contributed by atoms with E-state index in [0.717, 1.165) is 44.6 Å². The highest BCUT2D eigenvalue weighted by Crippen LogP contribution is 2.46. The standard InChI is InChI=1S/C28H29F3N4O4/c1-15-11-23(26(36)37-2)33-27(32-15)35-17-9-10-18(35)13-19(12-17)38-14-21-24(34-39-25(21)16-7-8-16)20-5-3-4-6-22(20)28(29,30)31/h3-6,11,16-19H,7-10,12-14H2,1-2H3/t17-,18?,19?/m0/s1. The number of ether oxygens (including phenoxy) is 2. The molecule has 8 nitrogen and oxygen atoms in total. The van der Waals surface area contributed by atoms with Crippen LogP contribution in [0.15, 0.2) is 34.9 Å². The number of nitrogens with zero attached hydrogens (tertiary/aromatic N) is 4. The number of methoxy groups -OCH3 is 1. The van der Waals surface area contributed by atoms with Gasteiger partial charge < -0.3 is 18.9 Å². The summed E-state index contributed by atoms with van der Waals surface area (Å²) < 4.78 is 58.1. The maximum atomic E-state index is 13.8. The summed E-state index contributed by atoms with van der Waals surface area (Å²) in [7, 11) is 1.32. The number of piperidine rings is 1. The van der Waals surface area contributed by atoms with Gasteiger partial charge in [-0.1, -0.05) is 23.4 Å². The molecule has 2 saturated heterocycles. The Hall–Kier alpha value is -3.47. The second-order valence-corrected chi connectivity index (χ2v) is 10.6. The minimum Gasteiger partial charge on any atom is -0.464 e. The first-order valence-corrected chi connectivity index (χ1v) is 13.2. The predicted octanol–water partition coefficient (Wildman–Crippen LogP) is 5.84. The van der Waals surface area contributed by atoms with Crippen molar-refractivity contribution in [3.8, 4) is 11.3 Å². The topological polar surface area (TPSA) is 90.6 Å². The average molecular weight is 543 g/mol. The molecule has 1 aromatic carbocycles. The summed E-state index contributed by atoms with van der Waals surface area (Å²) >= 11 is 0. The fourth-order valence-corrected chi connectivity index (χ4v) is 5.94. The number of esters is 1. The Labute approximate surface area is 223 Å². The van der Waals surface area contributed by atoms with E-state index in [1.807, 2.05) is 6.92 Å². The average Bonchev–Trinajstić information content (AvgIpc) is 3.61. The van der Waals surface area contributed by atoms with E-state index in [2.05, 4.69) is 20.0 Å². The van der Waals surface area contributed by atoms with Crippen molar-refractivity contribution in [2.75, 3.05) is 12.0 Å². The molecule has 0 N–H and O–H groups in total. The Morgan fingerprint density at radius 2 is 1.82 bits per heavy atom. The highest BCUT2D eigenvalue weighted by Gasteiger charge is 2.43. The first-order valence-electron chi connectivity index (χ1n) is 13.2. The van der Waals surface area contributed by atoms with E-state index in [-0.39, 0.29) is 47.7 Å². The molecule has 3 atom stereocenters. The summed E-state index contributed by atoms with van der Waals surface area (Å²) in [5.74, 6) is 0.812. The fraction of sp³-hybridized carbons (Fsp3) is 0.500. The minimum absolute atomic E-state index is 0.00662. The first kappa shape index (κ1) is 25.8. The number of aromatic nitrogens is 3. The Balaban J connectivity index is 1.22. The third-order valence-electron chi connectivity index (χ3n) is 7.88. The number of carbonyl (C=O) groups excluding carboxylic acids is 1. The molecule has 0 radical (unpaired) electrons. The third kappa shape index (κ3) is 4.99. The monoisotopic (exact) mass is 542 g/mol. The minimum atomic E-state index is -4.51. The second-order valence-electron chi connectivity index (χ2n) is 10.6. The third-order valence-corrected chi connectivity index (χ3v) is 7.88. The number of carbonyl (C=O) groups is 1. The van der Waals surface area contributed by atoms with Gasteiger partial charge in [0.25, 0.3) is 0 Å². The number of rotatable bonds is 7. The zero-order valence-corrected chi connectivity index (χ0v) is 21.7. The quantitative estimate of drug-likeness (QED) is 0.344. The van der Waals surface area contributed by atoms with Crippen molar-refractivity contribution >= 4 is 11.9 Å². The summed E-state index contributed by atoms with van der Waals surface area (Å²) in [6.45, 7) is 1.95. The van der Waals surface area contributed by atoms with Gasteiger partial charge in [-0.2, -0.15) is 13.2 Å². The molecule has 2 aromatic heterocycles. The molecular weight excluding hydrogens is 513 g/mol. The normalized spacial score (nSPS) is 22.8. The van der Waals surface area contributed by atoms with Crippen LogP contribution in [0.3, 0.4) is 0 Å². The molecule has 2 bridgehead atoms. The summed E-state index contributed by atoms with van der Waals surface area (Å²) in [6.07, 6.45) is 0.589. The molecule has 0 spiro atoms. The molecule has 206 valence electrons. The summed E-state index contributed by atoms with van der Waals surface area (Å²) in [4.78, 5) is 23.3. The number of fused-ring (bicyclic) bond motifs is 2. The van der Waals surface area contributed by atoms with Crippen LogP contribution in [0.25, 0.3) is 11.3 Å². The van der Waals surface area contributed by atoms with E-state index in [9.17, 15) is 18.0 Å². The highest BCUT2D eigenvalue weighted by atomic mass is 19.4. The van der Waals surface area contributed by atoms with Crippen molar-refractivity contribution in [3.63, 3.8) is 0 Å². The molecule has 3 aliphatic rings. The summed E-state index contributed by atoms with van der Waals surface area (Å²) in [6, 6.07) is 7.33. The van der Waals surface area contributed by atoms with Crippen LogP contribution in [0.4, 0.5) is 19.1 Å². The Morgan fingerprint density at radius 3 is 2.49 bits per heavy atom. The van der Waals surface area contributed by atoms with Crippen molar-refractivity contribution in [3.05, 3.63) is 58.6 Å². The van der Waals surface area contributed by atoms with Crippen LogP contribution in [0.1, 0.15) is 77.5 Å². The van der Waals surface area contributed by atoms with Crippen LogP contribution in [0.2, 0.25) is 0 Å². The van der Waals surface area contributed by atoms with Crippen molar-refractivity contribution in [1.29, 1.82) is 0 Å². The molecule has 3 aromatic rings. The van der Waals surface area contributed by atoms with E-state index in [4.69, 9.17) is 14.0 Å². The lowest BCUT2D eigenvalue weighted by Crippen LogP contribution is -2.46. The molecule has 2 aliphatic heterocycles. The van der Waals surface area contributed by atoms with E-state index in [0.29, 0.717) is 23.0 Å². The predicted molar refractivity (Wildman–Crippen MR) is 134 cm³/mol. The molecule has 1 aliphatic carbocycles. The number of benzene rings is 1. The lowest BCUT2D eigenvalue weighted by molar-refractivity contribution is -0.137. The number of alkyl halides is 3. The fourth-order valence-electron chi connectivity index (χ4n) is 5.94. The molecule has 1 saturated carbocycles. The lowest BCUT2D eigenvalue weighted by atomic mass is 9.98. The van der Waals surface area contributed by atoms with Crippen molar-refractivity contribution in [2.45, 2.75) is 82.3 Å². The Morgan fingerprint density at radius 1 is 1.10 bits per heavy atom. The number of hydrogen-bond donors (Lipinski definition) is 0. The zero-order valence-electron chi connectivity index (χ0n) is 21.7. The highest BCUT2D eigenvalue weighted by molar-refractivity contribution is 5.87. The molecule has 2 unspecified atom stereocenters. The smallest absolute Gasteiger partial charge is 0.417 e. The maximum Gasteiger partial charge on any atom is 0.417 e. The van der Waals surface area contributed by atoms with Crippen LogP contribution in [-0.4, -0.2) is 46.4 Å². The van der Waals surface area contributed by atoms with Gasteiger partial charge in [-0.15, -0.1) is 0 Å². The molecule has 3 fully saturated rings. The van der Waals surface area contributed by atoms with Gasteiger partial charge in [-0.25, -0.2) is 14.8 Å². The summed E-state index contributed by atoms with van der Waals surface area (Å²) in [5.41, 5.74) is 0.988. The lowest BCUT2D eigenvalue weighted by Gasteiger charge is -2.39. The van der Waals surface area contributed by atoms with Gasteiger partial charge in [0.1, 0.15) is 11.5 Å². The second kappa shape index (κ2) is 9.93. The van der Waals surface area contributed by atoms with Crippen molar-refractivity contribution in [2.24, 2.45) is 0 Å². The molecule has 11 heteroatoms. The largest absolute Gasteiger partial charge is 0.464 e. The van der Waals surface area contributed by atoms with Crippen LogP contribution < -0.4 is 4.90 Å². The maximum absolute atomic E-state index is 13.8. The van der Waals surface area contributed by atoms with Gasteiger partial charge in [0, 0.05) is 34.8 Å². The number of aryl methyl sites for hydroxylation is 1.